The summed E-state index contributed by atoms with van der Waals surface area (Å²) in [6, 6.07) is 6.64. The van der Waals surface area contributed by atoms with Crippen molar-refractivity contribution in [3.63, 3.8) is 0 Å². The van der Waals surface area contributed by atoms with Crippen molar-refractivity contribution < 1.29 is 33.2 Å². The normalized spacial score (nSPS) is 10.8. The second kappa shape index (κ2) is 10.6. The van der Waals surface area contributed by atoms with Crippen molar-refractivity contribution in [2.75, 3.05) is 5.32 Å². The van der Waals surface area contributed by atoms with Crippen LogP contribution in [0.2, 0.25) is 5.02 Å². The van der Waals surface area contributed by atoms with E-state index in [9.17, 15) is 24.5 Å². The lowest BCUT2D eigenvalue weighted by Crippen LogP contribution is -2.17. The van der Waals surface area contributed by atoms with Gasteiger partial charge in [0.2, 0.25) is 0 Å². The zero-order chi connectivity index (χ0) is 25.9. The van der Waals surface area contributed by atoms with Gasteiger partial charge in [-0.25, -0.2) is 4.79 Å². The predicted octanol–water partition coefficient (Wildman–Crippen LogP) is 4.71. The van der Waals surface area contributed by atoms with Crippen LogP contribution in [-0.2, 0) is 11.3 Å². The Morgan fingerprint density at radius 2 is 1.97 bits per heavy atom. The van der Waals surface area contributed by atoms with Crippen molar-refractivity contribution in [1.82, 2.24) is 0 Å². The smallest absolute Gasteiger partial charge is 0.341 e. The molecule has 3 N–H and O–H groups in total. The third-order valence-electron chi connectivity index (χ3n) is 4.53. The first kappa shape index (κ1) is 25.7. The highest BCUT2D eigenvalue weighted by molar-refractivity contribution is 7.18. The van der Waals surface area contributed by atoms with Gasteiger partial charge in [0, 0.05) is 12.1 Å². The molecule has 0 saturated heterocycles. The van der Waals surface area contributed by atoms with E-state index in [0.717, 1.165) is 17.4 Å². The molecule has 2 amide bonds. The summed E-state index contributed by atoms with van der Waals surface area (Å²) in [6.45, 7) is 4.77. The molecule has 0 saturated carbocycles. The van der Waals surface area contributed by atoms with Crippen LogP contribution in [0.15, 0.2) is 34.7 Å². The Labute approximate surface area is 207 Å². The van der Waals surface area contributed by atoms with Crippen LogP contribution in [0, 0.1) is 17.0 Å². The van der Waals surface area contributed by atoms with Crippen molar-refractivity contribution in [3.05, 3.63) is 73.0 Å². The van der Waals surface area contributed by atoms with Crippen molar-refractivity contribution in [3.8, 4) is 5.75 Å². The molecule has 1 aromatic carbocycles. The van der Waals surface area contributed by atoms with Crippen molar-refractivity contribution in [2.24, 2.45) is 5.73 Å². The molecule has 184 valence electrons. The molecule has 0 aliphatic carbocycles. The zero-order valence-corrected chi connectivity index (χ0v) is 20.3. The molecule has 0 bridgehead atoms. The highest BCUT2D eigenvalue weighted by atomic mass is 35.5. The first-order valence-electron chi connectivity index (χ1n) is 10.1. The maximum absolute atomic E-state index is 12.8. The van der Waals surface area contributed by atoms with Crippen LogP contribution < -0.4 is 15.8 Å². The quantitative estimate of drug-likeness (QED) is 0.232. The number of carbonyl (C=O) groups excluding carboxylic acids is 3. The van der Waals surface area contributed by atoms with E-state index >= 15 is 0 Å². The number of amides is 2. The van der Waals surface area contributed by atoms with Gasteiger partial charge in [-0.1, -0.05) is 11.6 Å². The minimum Gasteiger partial charge on any atom is -0.484 e. The summed E-state index contributed by atoms with van der Waals surface area (Å²) in [6.07, 6.45) is -0.417. The molecule has 11 nitrogen and oxygen atoms in total. The summed E-state index contributed by atoms with van der Waals surface area (Å²) in [7, 11) is 0. The first-order chi connectivity index (χ1) is 16.5. The molecular formula is C22H20ClN3O8S. The Hall–Kier alpha value is -3.90. The van der Waals surface area contributed by atoms with Gasteiger partial charge in [-0.3, -0.25) is 19.7 Å². The van der Waals surface area contributed by atoms with E-state index in [0.29, 0.717) is 5.56 Å². The topological polar surface area (TPSA) is 164 Å². The van der Waals surface area contributed by atoms with Crippen LogP contribution in [0.25, 0.3) is 0 Å². The zero-order valence-electron chi connectivity index (χ0n) is 18.7. The SMILES string of the molecule is Cc1c(C(N)=O)sc(NC(=O)c2ccc(COc3ccc([N+](=O)[O-])cc3Cl)o2)c1C(=O)OC(C)C. The van der Waals surface area contributed by atoms with Gasteiger partial charge in [0.15, 0.2) is 5.76 Å². The van der Waals surface area contributed by atoms with E-state index in [-0.39, 0.29) is 50.0 Å². The molecule has 35 heavy (non-hydrogen) atoms. The summed E-state index contributed by atoms with van der Waals surface area (Å²) in [5.41, 5.74) is 5.55. The molecule has 3 aromatic rings. The monoisotopic (exact) mass is 521 g/mol. The summed E-state index contributed by atoms with van der Waals surface area (Å²) < 4.78 is 16.2. The average molecular weight is 522 g/mol. The fourth-order valence-corrected chi connectivity index (χ4v) is 4.24. The second-order valence-corrected chi connectivity index (χ2v) is 8.89. The van der Waals surface area contributed by atoms with E-state index in [1.54, 1.807) is 13.8 Å². The number of halogens is 1. The van der Waals surface area contributed by atoms with Crippen molar-refractivity contribution in [1.29, 1.82) is 0 Å². The Kier molecular flexibility index (Phi) is 7.77. The van der Waals surface area contributed by atoms with Gasteiger partial charge < -0.3 is 24.9 Å². The van der Waals surface area contributed by atoms with E-state index in [1.165, 1.54) is 31.2 Å². The van der Waals surface area contributed by atoms with Crippen molar-refractivity contribution in [2.45, 2.75) is 33.5 Å². The molecule has 0 unspecified atom stereocenters. The Balaban J connectivity index is 1.75. The van der Waals surface area contributed by atoms with Crippen LogP contribution in [0.4, 0.5) is 10.7 Å². The molecule has 0 aliphatic rings. The number of furan rings is 1. The van der Waals surface area contributed by atoms with Gasteiger partial charge in [0.25, 0.3) is 17.5 Å². The number of esters is 1. The molecule has 0 fully saturated rings. The molecule has 0 atom stereocenters. The molecule has 2 aromatic heterocycles. The number of nitrogens with one attached hydrogen (secondary N) is 1. The van der Waals surface area contributed by atoms with Crippen LogP contribution in [0.3, 0.4) is 0 Å². The highest BCUT2D eigenvalue weighted by Crippen LogP contribution is 2.34. The number of thiophene rings is 1. The predicted molar refractivity (Wildman–Crippen MR) is 127 cm³/mol. The number of hydrogen-bond donors (Lipinski definition) is 2. The number of carbonyl (C=O) groups is 3. The summed E-state index contributed by atoms with van der Waals surface area (Å²) in [4.78, 5) is 47.4. The number of non-ortho nitro benzene ring substituents is 1. The first-order valence-corrected chi connectivity index (χ1v) is 11.3. The van der Waals surface area contributed by atoms with Gasteiger partial charge in [0.1, 0.15) is 23.1 Å². The van der Waals surface area contributed by atoms with Crippen molar-refractivity contribution >= 4 is 51.4 Å². The van der Waals surface area contributed by atoms with Gasteiger partial charge in [-0.2, -0.15) is 0 Å². The maximum atomic E-state index is 12.8. The average Bonchev–Trinajstić information content (AvgIpc) is 3.36. The third kappa shape index (κ3) is 5.97. The lowest BCUT2D eigenvalue weighted by Gasteiger charge is -2.10. The molecule has 0 aliphatic heterocycles. The van der Waals surface area contributed by atoms with Crippen LogP contribution in [0.1, 0.15) is 55.8 Å². The molecule has 0 radical (unpaired) electrons. The molecule has 0 spiro atoms. The Morgan fingerprint density at radius 3 is 2.57 bits per heavy atom. The van der Waals surface area contributed by atoms with Gasteiger partial charge in [0.05, 0.1) is 26.5 Å². The van der Waals surface area contributed by atoms with Crippen LogP contribution >= 0.6 is 22.9 Å². The highest BCUT2D eigenvalue weighted by Gasteiger charge is 2.27. The lowest BCUT2D eigenvalue weighted by atomic mass is 10.1. The number of rotatable bonds is 9. The number of nitrogens with zero attached hydrogens (tertiary/aromatic N) is 1. The number of benzene rings is 1. The fourth-order valence-electron chi connectivity index (χ4n) is 2.97. The minimum atomic E-state index is -0.742. The number of nitrogens with two attached hydrogens (primary N) is 1. The number of nitro groups is 1. The fraction of sp³-hybridized carbons (Fsp3) is 0.227. The number of ether oxygens (including phenoxy) is 2. The van der Waals surface area contributed by atoms with Crippen LogP contribution in [-0.4, -0.2) is 28.8 Å². The molecule has 13 heteroatoms. The third-order valence-corrected chi connectivity index (χ3v) is 6.04. The summed E-state index contributed by atoms with van der Waals surface area (Å²) in [5, 5.41) is 13.5. The maximum Gasteiger partial charge on any atom is 0.341 e. The molecule has 2 heterocycles. The largest absolute Gasteiger partial charge is 0.484 e. The number of anilines is 1. The Morgan fingerprint density at radius 1 is 1.26 bits per heavy atom. The van der Waals surface area contributed by atoms with E-state index in [2.05, 4.69) is 5.32 Å². The van der Waals surface area contributed by atoms with E-state index in [4.69, 9.17) is 31.2 Å². The van der Waals surface area contributed by atoms with E-state index < -0.39 is 28.8 Å². The molecule has 3 rings (SSSR count). The minimum absolute atomic E-state index is 0.0359. The summed E-state index contributed by atoms with van der Waals surface area (Å²) in [5.74, 6) is -1.75. The number of nitro benzene ring substituents is 1. The lowest BCUT2D eigenvalue weighted by molar-refractivity contribution is -0.384. The number of hydrogen-bond acceptors (Lipinski definition) is 9. The van der Waals surface area contributed by atoms with E-state index in [1.807, 2.05) is 0 Å². The van der Waals surface area contributed by atoms with Gasteiger partial charge >= 0.3 is 5.97 Å². The summed E-state index contributed by atoms with van der Waals surface area (Å²) >= 11 is 6.86. The van der Waals surface area contributed by atoms with Gasteiger partial charge in [-0.15, -0.1) is 11.3 Å². The van der Waals surface area contributed by atoms with Gasteiger partial charge in [-0.05, 0) is 44.5 Å². The molecular weight excluding hydrogens is 502 g/mol. The Bertz CT molecular complexity index is 1310. The standard InChI is InChI=1S/C22H20ClN3O8S/c1-10(2)33-22(29)17-11(3)18(19(24)27)35-21(17)25-20(28)16-7-5-13(34-16)9-32-15-6-4-12(26(30)31)8-14(15)23/h4-8,10H,9H2,1-3H3,(H2,24,27)(H,25,28). The number of primary amides is 1. The second-order valence-electron chi connectivity index (χ2n) is 7.46. The van der Waals surface area contributed by atoms with Crippen LogP contribution in [0.5, 0.6) is 5.75 Å².